The lowest BCUT2D eigenvalue weighted by atomic mass is 10.2. The Bertz CT molecular complexity index is 803. The monoisotopic (exact) mass is 317 g/mol. The average molecular weight is 317 g/mol. The van der Waals surface area contributed by atoms with Crippen molar-refractivity contribution in [1.29, 1.82) is 0 Å². The van der Waals surface area contributed by atoms with E-state index in [-0.39, 0.29) is 5.91 Å². The fourth-order valence-electron chi connectivity index (χ4n) is 2.52. The number of carbonyl (C=O) groups is 1. The molecule has 0 unspecified atom stereocenters. The third kappa shape index (κ3) is 3.60. The van der Waals surface area contributed by atoms with Gasteiger partial charge < -0.3 is 10.2 Å². The lowest BCUT2D eigenvalue weighted by Gasteiger charge is -2.21. The molecule has 1 N–H and O–H groups in total. The molecular formula is C20H19N3O. The van der Waals surface area contributed by atoms with Gasteiger partial charge in [-0.3, -0.25) is 9.78 Å². The van der Waals surface area contributed by atoms with Crippen molar-refractivity contribution >= 4 is 23.0 Å². The van der Waals surface area contributed by atoms with Gasteiger partial charge >= 0.3 is 0 Å². The summed E-state index contributed by atoms with van der Waals surface area (Å²) in [6.07, 6.45) is 3.31. The number of nitrogens with one attached hydrogen (secondary N) is 1. The summed E-state index contributed by atoms with van der Waals surface area (Å²) in [6.45, 7) is 2.56. The van der Waals surface area contributed by atoms with Gasteiger partial charge in [0.05, 0.1) is 17.4 Å². The van der Waals surface area contributed by atoms with E-state index >= 15 is 0 Å². The molecule has 0 bridgehead atoms. The maximum absolute atomic E-state index is 12.8. The molecule has 0 aliphatic rings. The molecule has 24 heavy (non-hydrogen) atoms. The molecule has 120 valence electrons. The van der Waals surface area contributed by atoms with Crippen LogP contribution in [0.1, 0.15) is 17.3 Å². The van der Waals surface area contributed by atoms with Crippen molar-refractivity contribution in [3.05, 3.63) is 84.7 Å². The minimum absolute atomic E-state index is 0.0621. The predicted octanol–water partition coefficient (Wildman–Crippen LogP) is 4.49. The molecular weight excluding hydrogens is 298 g/mol. The first-order valence-electron chi connectivity index (χ1n) is 7.92. The van der Waals surface area contributed by atoms with E-state index in [1.54, 1.807) is 17.3 Å². The van der Waals surface area contributed by atoms with Crippen LogP contribution in [0, 0.1) is 0 Å². The van der Waals surface area contributed by atoms with Gasteiger partial charge in [-0.1, -0.05) is 36.4 Å². The fourth-order valence-corrected chi connectivity index (χ4v) is 2.52. The van der Waals surface area contributed by atoms with E-state index in [0.717, 1.165) is 17.1 Å². The van der Waals surface area contributed by atoms with Gasteiger partial charge in [-0.25, -0.2) is 0 Å². The van der Waals surface area contributed by atoms with Crippen LogP contribution in [-0.4, -0.2) is 17.4 Å². The second-order valence-corrected chi connectivity index (χ2v) is 5.34. The van der Waals surface area contributed by atoms with Gasteiger partial charge in [-0.15, -0.1) is 0 Å². The van der Waals surface area contributed by atoms with Crippen molar-refractivity contribution in [1.82, 2.24) is 4.98 Å². The van der Waals surface area contributed by atoms with Crippen LogP contribution in [0.4, 0.5) is 17.1 Å². The summed E-state index contributed by atoms with van der Waals surface area (Å²) in [5.41, 5.74) is 3.18. The van der Waals surface area contributed by atoms with Crippen LogP contribution >= 0.6 is 0 Å². The molecule has 0 saturated heterocycles. The fraction of sp³-hybridized carbons (Fsp3) is 0.100. The molecule has 4 heteroatoms. The van der Waals surface area contributed by atoms with Crippen molar-refractivity contribution in [3.8, 4) is 0 Å². The van der Waals surface area contributed by atoms with Crippen molar-refractivity contribution < 1.29 is 4.79 Å². The van der Waals surface area contributed by atoms with Gasteiger partial charge in [0.25, 0.3) is 5.91 Å². The molecule has 0 spiro atoms. The number of para-hydroxylation sites is 2. The molecule has 0 radical (unpaired) electrons. The Kier molecular flexibility index (Phi) is 4.87. The number of nitrogens with zero attached hydrogens (tertiary/aromatic N) is 2. The number of benzene rings is 2. The second kappa shape index (κ2) is 7.42. The first kappa shape index (κ1) is 15.7. The third-order valence-electron chi connectivity index (χ3n) is 3.68. The molecule has 0 aliphatic heterocycles. The number of hydrogen-bond acceptors (Lipinski definition) is 3. The van der Waals surface area contributed by atoms with Crippen molar-refractivity contribution in [2.75, 3.05) is 16.8 Å². The zero-order valence-corrected chi connectivity index (χ0v) is 13.5. The summed E-state index contributed by atoms with van der Waals surface area (Å²) < 4.78 is 0. The summed E-state index contributed by atoms with van der Waals surface area (Å²) in [4.78, 5) is 18.8. The summed E-state index contributed by atoms with van der Waals surface area (Å²) in [5, 5.41) is 3.26. The van der Waals surface area contributed by atoms with E-state index in [1.165, 1.54) is 0 Å². The van der Waals surface area contributed by atoms with Gasteiger partial charge in [0.15, 0.2) is 0 Å². The van der Waals surface area contributed by atoms with Gasteiger partial charge in [0.2, 0.25) is 0 Å². The Morgan fingerprint density at radius 2 is 1.62 bits per heavy atom. The highest BCUT2D eigenvalue weighted by Gasteiger charge is 2.16. The van der Waals surface area contributed by atoms with Crippen LogP contribution in [0.25, 0.3) is 0 Å². The van der Waals surface area contributed by atoms with Crippen molar-refractivity contribution in [3.63, 3.8) is 0 Å². The zero-order valence-electron chi connectivity index (χ0n) is 13.5. The quantitative estimate of drug-likeness (QED) is 0.754. The Morgan fingerprint density at radius 1 is 0.958 bits per heavy atom. The third-order valence-corrected chi connectivity index (χ3v) is 3.68. The van der Waals surface area contributed by atoms with Crippen LogP contribution < -0.4 is 10.2 Å². The van der Waals surface area contributed by atoms with Crippen molar-refractivity contribution in [2.24, 2.45) is 0 Å². The largest absolute Gasteiger partial charge is 0.354 e. The molecule has 3 aromatic rings. The van der Waals surface area contributed by atoms with Crippen LogP contribution in [-0.2, 0) is 0 Å². The zero-order chi connectivity index (χ0) is 16.8. The van der Waals surface area contributed by atoms with E-state index in [9.17, 15) is 4.79 Å². The molecule has 3 rings (SSSR count). The molecule has 0 fully saturated rings. The Morgan fingerprint density at radius 3 is 2.29 bits per heavy atom. The first-order chi connectivity index (χ1) is 11.8. The van der Waals surface area contributed by atoms with E-state index in [0.29, 0.717) is 12.1 Å². The van der Waals surface area contributed by atoms with Crippen LogP contribution in [0.3, 0.4) is 0 Å². The molecule has 1 amide bonds. The Labute approximate surface area is 141 Å². The molecule has 0 atom stereocenters. The summed E-state index contributed by atoms with van der Waals surface area (Å²) in [7, 11) is 0. The number of rotatable bonds is 5. The SMILES string of the molecule is CCN(C(=O)c1cncc(Nc2ccccc2)c1)c1ccccc1. The molecule has 1 heterocycles. The number of anilines is 3. The molecule has 4 nitrogen and oxygen atoms in total. The molecule has 0 aliphatic carbocycles. The predicted molar refractivity (Wildman–Crippen MR) is 97.8 cm³/mol. The minimum Gasteiger partial charge on any atom is -0.354 e. The van der Waals surface area contributed by atoms with Crippen LogP contribution in [0.2, 0.25) is 0 Å². The van der Waals surface area contributed by atoms with Crippen molar-refractivity contribution in [2.45, 2.75) is 6.92 Å². The lowest BCUT2D eigenvalue weighted by molar-refractivity contribution is 0.0988. The first-order valence-corrected chi connectivity index (χ1v) is 7.92. The van der Waals surface area contributed by atoms with E-state index in [4.69, 9.17) is 0 Å². The summed E-state index contributed by atoms with van der Waals surface area (Å²) in [6, 6.07) is 21.3. The normalized spacial score (nSPS) is 10.2. The highest BCUT2D eigenvalue weighted by Crippen LogP contribution is 2.20. The number of pyridine rings is 1. The number of hydrogen-bond donors (Lipinski definition) is 1. The van der Waals surface area contributed by atoms with Gasteiger partial charge in [-0.2, -0.15) is 0 Å². The summed E-state index contributed by atoms with van der Waals surface area (Å²) >= 11 is 0. The molecule has 1 aromatic heterocycles. The molecule has 0 saturated carbocycles. The maximum Gasteiger partial charge on any atom is 0.259 e. The Balaban J connectivity index is 1.83. The van der Waals surface area contributed by atoms with Crippen LogP contribution in [0.5, 0.6) is 0 Å². The Hall–Kier alpha value is -3.14. The number of carbonyl (C=O) groups excluding carboxylic acids is 1. The van der Waals surface area contributed by atoms with Gasteiger partial charge in [0, 0.05) is 24.1 Å². The molecule has 2 aromatic carbocycles. The topological polar surface area (TPSA) is 45.2 Å². The van der Waals surface area contributed by atoms with E-state index in [2.05, 4.69) is 10.3 Å². The second-order valence-electron chi connectivity index (χ2n) is 5.34. The smallest absolute Gasteiger partial charge is 0.259 e. The number of amides is 1. The standard InChI is InChI=1S/C20H19N3O/c1-2-23(19-11-7-4-8-12-19)20(24)16-13-18(15-21-14-16)22-17-9-5-3-6-10-17/h3-15,22H,2H2,1H3. The highest BCUT2D eigenvalue weighted by atomic mass is 16.2. The van der Waals surface area contributed by atoms with Gasteiger partial charge in [-0.05, 0) is 37.3 Å². The number of aromatic nitrogens is 1. The van der Waals surface area contributed by atoms with Crippen LogP contribution in [0.15, 0.2) is 79.1 Å². The van der Waals surface area contributed by atoms with E-state index < -0.39 is 0 Å². The highest BCUT2D eigenvalue weighted by molar-refractivity contribution is 6.06. The van der Waals surface area contributed by atoms with Gasteiger partial charge in [0.1, 0.15) is 0 Å². The van der Waals surface area contributed by atoms with E-state index in [1.807, 2.05) is 73.7 Å². The lowest BCUT2D eigenvalue weighted by Crippen LogP contribution is -2.30. The minimum atomic E-state index is -0.0621. The maximum atomic E-state index is 12.8. The average Bonchev–Trinajstić information content (AvgIpc) is 2.64. The summed E-state index contributed by atoms with van der Waals surface area (Å²) in [5.74, 6) is -0.0621.